The SMILES string of the molecule is C.CC(C)(N)C(C)(C)c1ccc(O)c(O)c1. The van der Waals surface area contributed by atoms with E-state index in [1.165, 1.54) is 6.07 Å². The van der Waals surface area contributed by atoms with Gasteiger partial charge in [-0.3, -0.25) is 0 Å². The van der Waals surface area contributed by atoms with Crippen LogP contribution in [0, 0.1) is 0 Å². The summed E-state index contributed by atoms with van der Waals surface area (Å²) < 4.78 is 0. The molecule has 0 aliphatic heterocycles. The zero-order valence-corrected chi connectivity index (χ0v) is 9.70. The van der Waals surface area contributed by atoms with Crippen LogP contribution < -0.4 is 5.73 Å². The van der Waals surface area contributed by atoms with Gasteiger partial charge >= 0.3 is 0 Å². The molecule has 0 aliphatic rings. The standard InChI is InChI=1S/C12H19NO2.CH4/c1-11(2,12(3,4)13)8-5-6-9(14)10(15)7-8;/h5-7,14-15H,13H2,1-4H3;1H4. The van der Waals surface area contributed by atoms with Gasteiger partial charge in [0.05, 0.1) is 0 Å². The molecule has 0 fully saturated rings. The lowest BCUT2D eigenvalue weighted by atomic mass is 9.70. The van der Waals surface area contributed by atoms with Crippen molar-refractivity contribution in [2.75, 3.05) is 0 Å². The first-order valence-corrected chi connectivity index (χ1v) is 4.97. The highest BCUT2D eigenvalue weighted by Crippen LogP contribution is 2.36. The molecule has 0 aliphatic carbocycles. The fraction of sp³-hybridized carbons (Fsp3) is 0.538. The molecule has 3 nitrogen and oxygen atoms in total. The van der Waals surface area contributed by atoms with E-state index in [1.54, 1.807) is 12.1 Å². The van der Waals surface area contributed by atoms with Gasteiger partial charge in [0.2, 0.25) is 0 Å². The van der Waals surface area contributed by atoms with Crippen molar-refractivity contribution in [3.8, 4) is 11.5 Å². The largest absolute Gasteiger partial charge is 0.504 e. The van der Waals surface area contributed by atoms with Crippen LogP contribution in [0.1, 0.15) is 40.7 Å². The van der Waals surface area contributed by atoms with Crippen molar-refractivity contribution in [3.63, 3.8) is 0 Å². The average Bonchev–Trinajstić information content (AvgIpc) is 2.07. The molecule has 0 amide bonds. The minimum atomic E-state index is -0.406. The van der Waals surface area contributed by atoms with Crippen LogP contribution in [0.4, 0.5) is 0 Å². The lowest BCUT2D eigenvalue weighted by molar-refractivity contribution is 0.304. The van der Waals surface area contributed by atoms with Crippen LogP contribution in [-0.2, 0) is 5.41 Å². The highest BCUT2D eigenvalue weighted by Gasteiger charge is 2.35. The number of phenolic OH excluding ortho intramolecular Hbond substituents is 2. The Morgan fingerprint density at radius 2 is 1.50 bits per heavy atom. The topological polar surface area (TPSA) is 66.5 Å². The summed E-state index contributed by atoms with van der Waals surface area (Å²) in [5.74, 6) is -0.214. The molecule has 0 atom stereocenters. The van der Waals surface area contributed by atoms with E-state index >= 15 is 0 Å². The normalized spacial score (nSPS) is 12.1. The Hall–Kier alpha value is -1.22. The number of rotatable bonds is 2. The molecule has 0 saturated carbocycles. The van der Waals surface area contributed by atoms with Crippen LogP contribution in [0.3, 0.4) is 0 Å². The Labute approximate surface area is 97.9 Å². The smallest absolute Gasteiger partial charge is 0.157 e. The fourth-order valence-corrected chi connectivity index (χ4v) is 1.28. The van der Waals surface area contributed by atoms with E-state index in [0.29, 0.717) is 0 Å². The molecular weight excluding hydrogens is 202 g/mol. The van der Waals surface area contributed by atoms with Crippen LogP contribution in [-0.4, -0.2) is 15.8 Å². The van der Waals surface area contributed by atoms with E-state index in [2.05, 4.69) is 0 Å². The second kappa shape index (κ2) is 4.34. The van der Waals surface area contributed by atoms with Crippen LogP contribution in [0.2, 0.25) is 0 Å². The molecule has 0 aromatic heterocycles. The number of hydrogen-bond donors (Lipinski definition) is 3. The Balaban J connectivity index is 0.00000225. The van der Waals surface area contributed by atoms with Crippen LogP contribution >= 0.6 is 0 Å². The predicted molar refractivity (Wildman–Crippen MR) is 67.8 cm³/mol. The predicted octanol–water partition coefficient (Wildman–Crippen LogP) is 2.75. The minimum Gasteiger partial charge on any atom is -0.504 e. The fourth-order valence-electron chi connectivity index (χ4n) is 1.28. The van der Waals surface area contributed by atoms with Gasteiger partial charge in [-0.15, -0.1) is 0 Å². The number of aromatic hydroxyl groups is 2. The first kappa shape index (κ1) is 14.8. The van der Waals surface area contributed by atoms with Crippen molar-refractivity contribution in [1.29, 1.82) is 0 Å². The number of phenols is 2. The van der Waals surface area contributed by atoms with Gasteiger partial charge in [0.25, 0.3) is 0 Å². The van der Waals surface area contributed by atoms with E-state index in [0.717, 1.165) is 5.56 Å². The first-order chi connectivity index (χ1) is 6.66. The molecule has 0 unspecified atom stereocenters. The maximum atomic E-state index is 9.44. The zero-order chi connectivity index (χ0) is 11.9. The summed E-state index contributed by atoms with van der Waals surface area (Å²) in [4.78, 5) is 0. The monoisotopic (exact) mass is 225 g/mol. The summed E-state index contributed by atoms with van der Waals surface area (Å²) in [5.41, 5.74) is 6.31. The molecule has 16 heavy (non-hydrogen) atoms. The Morgan fingerprint density at radius 1 is 1.00 bits per heavy atom. The summed E-state index contributed by atoms with van der Waals surface area (Å²) in [6.07, 6.45) is 0. The van der Waals surface area contributed by atoms with Crippen molar-refractivity contribution in [3.05, 3.63) is 23.8 Å². The van der Waals surface area contributed by atoms with E-state index < -0.39 is 5.54 Å². The van der Waals surface area contributed by atoms with Crippen molar-refractivity contribution < 1.29 is 10.2 Å². The van der Waals surface area contributed by atoms with Gasteiger partial charge in [0.15, 0.2) is 11.5 Å². The van der Waals surface area contributed by atoms with Gasteiger partial charge in [-0.05, 0) is 31.5 Å². The van der Waals surface area contributed by atoms with Gasteiger partial charge in [-0.25, -0.2) is 0 Å². The van der Waals surface area contributed by atoms with Crippen molar-refractivity contribution in [2.24, 2.45) is 5.73 Å². The van der Waals surface area contributed by atoms with Crippen molar-refractivity contribution >= 4 is 0 Å². The molecule has 4 N–H and O–H groups in total. The van der Waals surface area contributed by atoms with Crippen LogP contribution in [0.5, 0.6) is 11.5 Å². The highest BCUT2D eigenvalue weighted by molar-refractivity contribution is 5.43. The maximum Gasteiger partial charge on any atom is 0.157 e. The Bertz CT molecular complexity index is 365. The van der Waals surface area contributed by atoms with Gasteiger partial charge in [-0.2, -0.15) is 0 Å². The third-order valence-electron chi connectivity index (χ3n) is 3.31. The third kappa shape index (κ3) is 2.47. The molecule has 0 radical (unpaired) electrons. The number of benzene rings is 1. The van der Waals surface area contributed by atoms with E-state index in [1.807, 2.05) is 27.7 Å². The summed E-state index contributed by atoms with van der Waals surface area (Å²) >= 11 is 0. The first-order valence-electron chi connectivity index (χ1n) is 4.97. The lowest BCUT2D eigenvalue weighted by Gasteiger charge is -2.39. The van der Waals surface area contributed by atoms with Crippen molar-refractivity contribution in [2.45, 2.75) is 46.1 Å². The highest BCUT2D eigenvalue weighted by atomic mass is 16.3. The summed E-state index contributed by atoms with van der Waals surface area (Å²) in [6, 6.07) is 4.83. The van der Waals surface area contributed by atoms with Gasteiger partial charge in [0.1, 0.15) is 0 Å². The van der Waals surface area contributed by atoms with Crippen LogP contribution in [0.25, 0.3) is 0 Å². The Morgan fingerprint density at radius 3 is 1.88 bits per heavy atom. The molecule has 0 saturated heterocycles. The second-order valence-corrected chi connectivity index (χ2v) is 5.05. The Kier molecular flexibility index (Phi) is 4.01. The molecule has 0 bridgehead atoms. The lowest BCUT2D eigenvalue weighted by Crippen LogP contribution is -2.50. The van der Waals surface area contributed by atoms with E-state index in [-0.39, 0.29) is 24.3 Å². The maximum absolute atomic E-state index is 9.44. The molecule has 1 aromatic carbocycles. The second-order valence-electron chi connectivity index (χ2n) is 5.05. The molecule has 3 heteroatoms. The van der Waals surface area contributed by atoms with Crippen LogP contribution in [0.15, 0.2) is 18.2 Å². The number of nitrogens with two attached hydrogens (primary N) is 1. The molecule has 92 valence electrons. The molecule has 1 rings (SSSR count). The molecular formula is C13H23NO2. The zero-order valence-electron chi connectivity index (χ0n) is 9.70. The summed E-state index contributed by atoms with van der Waals surface area (Å²) in [7, 11) is 0. The summed E-state index contributed by atoms with van der Waals surface area (Å²) in [6.45, 7) is 7.91. The minimum absolute atomic E-state index is 0. The quantitative estimate of drug-likeness (QED) is 0.678. The molecule has 1 aromatic rings. The molecule has 0 spiro atoms. The van der Waals surface area contributed by atoms with Gasteiger partial charge in [0, 0.05) is 11.0 Å². The number of hydrogen-bond acceptors (Lipinski definition) is 3. The van der Waals surface area contributed by atoms with Crippen molar-refractivity contribution in [1.82, 2.24) is 0 Å². The van der Waals surface area contributed by atoms with E-state index in [4.69, 9.17) is 5.73 Å². The van der Waals surface area contributed by atoms with E-state index in [9.17, 15) is 10.2 Å². The summed E-state index contributed by atoms with van der Waals surface area (Å²) in [5, 5.41) is 18.7. The average molecular weight is 225 g/mol. The van der Waals surface area contributed by atoms with Gasteiger partial charge < -0.3 is 15.9 Å². The molecule has 0 heterocycles. The van der Waals surface area contributed by atoms with Gasteiger partial charge in [-0.1, -0.05) is 27.3 Å². The third-order valence-corrected chi connectivity index (χ3v) is 3.31.